The van der Waals surface area contributed by atoms with Crippen LogP contribution in [0, 0.1) is 0 Å². The standard InChI is InChI=1S/C16H22ClN3/c1-16(2,14-5-7-15(17)8-6-14)19(3)10-4-11-20-12-9-18-13-20/h5-9,12-13H,4,10-11H2,1-3H3. The predicted molar refractivity (Wildman–Crippen MR) is 84.0 cm³/mol. The van der Waals surface area contributed by atoms with Gasteiger partial charge in [0.15, 0.2) is 0 Å². The lowest BCUT2D eigenvalue weighted by Gasteiger charge is -2.36. The summed E-state index contributed by atoms with van der Waals surface area (Å²) in [5.41, 5.74) is 1.28. The van der Waals surface area contributed by atoms with Crippen LogP contribution >= 0.6 is 11.6 Å². The average molecular weight is 292 g/mol. The summed E-state index contributed by atoms with van der Waals surface area (Å²) in [7, 11) is 2.17. The van der Waals surface area contributed by atoms with Crippen molar-refractivity contribution in [1.82, 2.24) is 14.5 Å². The molecule has 4 heteroatoms. The van der Waals surface area contributed by atoms with E-state index >= 15 is 0 Å². The first kappa shape index (κ1) is 15.1. The van der Waals surface area contributed by atoms with Gasteiger partial charge >= 0.3 is 0 Å². The molecule has 0 atom stereocenters. The molecule has 2 rings (SSSR count). The van der Waals surface area contributed by atoms with Gasteiger partial charge in [-0.05, 0) is 45.0 Å². The quantitative estimate of drug-likeness (QED) is 0.807. The minimum Gasteiger partial charge on any atom is -0.337 e. The summed E-state index contributed by atoms with van der Waals surface area (Å²) in [5, 5.41) is 0.785. The average Bonchev–Trinajstić information content (AvgIpc) is 2.92. The minimum absolute atomic E-state index is 0.000469. The molecule has 0 radical (unpaired) electrons. The third-order valence-corrected chi connectivity index (χ3v) is 4.23. The van der Waals surface area contributed by atoms with Gasteiger partial charge in [-0.2, -0.15) is 0 Å². The smallest absolute Gasteiger partial charge is 0.0945 e. The second kappa shape index (κ2) is 6.42. The van der Waals surface area contributed by atoms with Crippen molar-refractivity contribution in [3.63, 3.8) is 0 Å². The van der Waals surface area contributed by atoms with Crippen LogP contribution in [0.4, 0.5) is 0 Å². The lowest BCUT2D eigenvalue weighted by molar-refractivity contribution is 0.152. The fourth-order valence-corrected chi connectivity index (χ4v) is 2.39. The van der Waals surface area contributed by atoms with Crippen molar-refractivity contribution in [3.05, 3.63) is 53.6 Å². The zero-order chi connectivity index (χ0) is 14.6. The normalized spacial score (nSPS) is 12.1. The topological polar surface area (TPSA) is 21.1 Å². The van der Waals surface area contributed by atoms with Gasteiger partial charge in [0.05, 0.1) is 6.33 Å². The molecule has 2 aromatic rings. The van der Waals surface area contributed by atoms with Crippen LogP contribution in [0.5, 0.6) is 0 Å². The Morgan fingerprint density at radius 3 is 2.55 bits per heavy atom. The van der Waals surface area contributed by atoms with Crippen molar-refractivity contribution >= 4 is 11.6 Å². The number of rotatable bonds is 6. The highest BCUT2D eigenvalue weighted by Crippen LogP contribution is 2.27. The first-order chi connectivity index (χ1) is 9.50. The molecule has 0 N–H and O–H groups in total. The number of imidazole rings is 1. The third kappa shape index (κ3) is 3.62. The highest BCUT2D eigenvalue weighted by molar-refractivity contribution is 6.30. The van der Waals surface area contributed by atoms with Crippen molar-refractivity contribution < 1.29 is 0 Å². The second-order valence-corrected chi connectivity index (χ2v) is 6.08. The number of hydrogen-bond donors (Lipinski definition) is 0. The zero-order valence-corrected chi connectivity index (χ0v) is 13.1. The van der Waals surface area contributed by atoms with Crippen LogP contribution in [0.1, 0.15) is 25.8 Å². The van der Waals surface area contributed by atoms with Crippen LogP contribution in [-0.2, 0) is 12.1 Å². The molecule has 0 spiro atoms. The number of aromatic nitrogens is 2. The molecule has 1 heterocycles. The lowest BCUT2D eigenvalue weighted by atomic mass is 9.92. The van der Waals surface area contributed by atoms with Gasteiger partial charge in [0, 0.05) is 36.0 Å². The molecule has 20 heavy (non-hydrogen) atoms. The van der Waals surface area contributed by atoms with Crippen LogP contribution in [0.3, 0.4) is 0 Å². The van der Waals surface area contributed by atoms with E-state index in [0.717, 1.165) is 24.5 Å². The van der Waals surface area contributed by atoms with Gasteiger partial charge in [-0.15, -0.1) is 0 Å². The number of hydrogen-bond acceptors (Lipinski definition) is 2. The molecule has 0 bridgehead atoms. The van der Waals surface area contributed by atoms with Gasteiger partial charge in [0.2, 0.25) is 0 Å². The minimum atomic E-state index is -0.000469. The van der Waals surface area contributed by atoms with Gasteiger partial charge in [-0.1, -0.05) is 23.7 Å². The predicted octanol–water partition coefficient (Wildman–Crippen LogP) is 3.79. The van der Waals surface area contributed by atoms with E-state index in [9.17, 15) is 0 Å². The van der Waals surface area contributed by atoms with E-state index in [4.69, 9.17) is 11.6 Å². The Kier molecular flexibility index (Phi) is 4.84. The molecular formula is C16H22ClN3. The highest BCUT2D eigenvalue weighted by Gasteiger charge is 2.25. The fraction of sp³-hybridized carbons (Fsp3) is 0.438. The van der Waals surface area contributed by atoms with E-state index < -0.39 is 0 Å². The monoisotopic (exact) mass is 291 g/mol. The molecule has 0 amide bonds. The Balaban J connectivity index is 1.92. The summed E-state index contributed by atoms with van der Waals surface area (Å²) in [6.07, 6.45) is 6.79. The molecule has 0 aliphatic rings. The van der Waals surface area contributed by atoms with E-state index in [-0.39, 0.29) is 5.54 Å². The Hall–Kier alpha value is -1.32. The first-order valence-corrected chi connectivity index (χ1v) is 7.31. The zero-order valence-electron chi connectivity index (χ0n) is 12.4. The van der Waals surface area contributed by atoms with Gasteiger partial charge in [-0.25, -0.2) is 4.98 Å². The van der Waals surface area contributed by atoms with E-state index in [2.05, 4.69) is 47.5 Å². The van der Waals surface area contributed by atoms with Gasteiger partial charge in [-0.3, -0.25) is 4.90 Å². The summed E-state index contributed by atoms with van der Waals surface area (Å²) >= 11 is 5.96. The first-order valence-electron chi connectivity index (χ1n) is 6.93. The number of halogens is 1. The van der Waals surface area contributed by atoms with E-state index in [1.807, 2.05) is 30.9 Å². The van der Waals surface area contributed by atoms with Crippen LogP contribution in [-0.4, -0.2) is 28.0 Å². The molecule has 0 unspecified atom stereocenters. The van der Waals surface area contributed by atoms with Crippen molar-refractivity contribution in [3.8, 4) is 0 Å². The van der Waals surface area contributed by atoms with Crippen molar-refractivity contribution in [2.45, 2.75) is 32.4 Å². The van der Waals surface area contributed by atoms with Gasteiger partial charge in [0.1, 0.15) is 0 Å². The Morgan fingerprint density at radius 2 is 1.95 bits per heavy atom. The molecular weight excluding hydrogens is 270 g/mol. The molecule has 0 aliphatic carbocycles. The second-order valence-electron chi connectivity index (χ2n) is 5.64. The number of aryl methyl sites for hydroxylation is 1. The van der Waals surface area contributed by atoms with E-state index in [1.165, 1.54) is 5.56 Å². The van der Waals surface area contributed by atoms with Gasteiger partial charge in [0.25, 0.3) is 0 Å². The molecule has 1 aromatic heterocycles. The maximum Gasteiger partial charge on any atom is 0.0945 e. The summed E-state index contributed by atoms with van der Waals surface area (Å²) in [5.74, 6) is 0. The Morgan fingerprint density at radius 1 is 1.25 bits per heavy atom. The van der Waals surface area contributed by atoms with Crippen LogP contribution in [0.25, 0.3) is 0 Å². The summed E-state index contributed by atoms with van der Waals surface area (Å²) in [6.45, 7) is 6.52. The Bertz CT molecular complexity index is 517. The lowest BCUT2D eigenvalue weighted by Crippen LogP contribution is -2.39. The molecule has 0 aliphatic heterocycles. The molecule has 0 saturated heterocycles. The van der Waals surface area contributed by atoms with Crippen molar-refractivity contribution in [2.24, 2.45) is 0 Å². The molecule has 0 saturated carbocycles. The highest BCUT2D eigenvalue weighted by atomic mass is 35.5. The van der Waals surface area contributed by atoms with Crippen molar-refractivity contribution in [1.29, 1.82) is 0 Å². The fourth-order valence-electron chi connectivity index (χ4n) is 2.27. The van der Waals surface area contributed by atoms with E-state index in [1.54, 1.807) is 0 Å². The molecule has 3 nitrogen and oxygen atoms in total. The molecule has 108 valence electrons. The summed E-state index contributed by atoms with van der Waals surface area (Å²) in [4.78, 5) is 6.44. The molecule has 1 aromatic carbocycles. The maximum atomic E-state index is 5.96. The van der Waals surface area contributed by atoms with Crippen LogP contribution in [0.2, 0.25) is 5.02 Å². The largest absolute Gasteiger partial charge is 0.337 e. The molecule has 0 fully saturated rings. The van der Waals surface area contributed by atoms with E-state index in [0.29, 0.717) is 0 Å². The van der Waals surface area contributed by atoms with Crippen LogP contribution in [0.15, 0.2) is 43.0 Å². The number of nitrogens with zero attached hydrogens (tertiary/aromatic N) is 3. The number of benzene rings is 1. The third-order valence-electron chi connectivity index (χ3n) is 3.97. The Labute approximate surface area is 126 Å². The van der Waals surface area contributed by atoms with Gasteiger partial charge < -0.3 is 4.57 Å². The maximum absolute atomic E-state index is 5.96. The summed E-state index contributed by atoms with van der Waals surface area (Å²) < 4.78 is 2.11. The summed E-state index contributed by atoms with van der Waals surface area (Å²) in [6, 6.07) is 8.12. The SMILES string of the molecule is CN(CCCn1ccnc1)C(C)(C)c1ccc(Cl)cc1. The van der Waals surface area contributed by atoms with Crippen molar-refractivity contribution in [2.75, 3.05) is 13.6 Å². The van der Waals surface area contributed by atoms with Crippen LogP contribution < -0.4 is 0 Å².